The monoisotopic (exact) mass is 283 g/mol. The fourth-order valence-corrected chi connectivity index (χ4v) is 2.19. The lowest BCUT2D eigenvalue weighted by Crippen LogP contribution is -2.03. The van der Waals surface area contributed by atoms with E-state index in [4.69, 9.17) is 4.74 Å². The molecule has 6 nitrogen and oxygen atoms in total. The highest BCUT2D eigenvalue weighted by Crippen LogP contribution is 2.27. The fraction of sp³-hybridized carbons (Fsp3) is 0.133. The molecular weight excluding hydrogens is 270 g/mol. The maximum atomic E-state index is 11.3. The molecule has 3 aromatic rings. The number of ether oxygens (including phenoxy) is 1. The Kier molecular flexibility index (Phi) is 3.06. The molecule has 106 valence electrons. The van der Waals surface area contributed by atoms with Crippen molar-refractivity contribution in [2.75, 3.05) is 7.11 Å². The summed E-state index contributed by atoms with van der Waals surface area (Å²) in [6.07, 6.45) is 0. The second-order valence-corrected chi connectivity index (χ2v) is 4.60. The number of aryl methyl sites for hydroxylation is 1. The highest BCUT2D eigenvalue weighted by Gasteiger charge is 2.17. The average Bonchev–Trinajstić information content (AvgIpc) is 2.90. The first kappa shape index (κ1) is 13.1. The van der Waals surface area contributed by atoms with Crippen LogP contribution in [0.15, 0.2) is 30.3 Å². The number of benzene rings is 1. The van der Waals surface area contributed by atoms with Crippen molar-refractivity contribution in [1.29, 1.82) is 0 Å². The van der Waals surface area contributed by atoms with Crippen LogP contribution in [-0.2, 0) is 0 Å². The van der Waals surface area contributed by atoms with Crippen LogP contribution in [0.2, 0.25) is 0 Å². The number of hydrogen-bond donors (Lipinski definition) is 2. The van der Waals surface area contributed by atoms with Crippen LogP contribution in [0.4, 0.5) is 0 Å². The summed E-state index contributed by atoms with van der Waals surface area (Å²) in [6.45, 7) is 1.80. The van der Waals surface area contributed by atoms with E-state index in [1.54, 1.807) is 26.2 Å². The molecule has 2 aromatic heterocycles. The molecule has 3 rings (SSSR count). The molecule has 1 aromatic carbocycles. The summed E-state index contributed by atoms with van der Waals surface area (Å²) < 4.78 is 5.26. The number of methoxy groups -OCH3 is 1. The second kappa shape index (κ2) is 4.90. The van der Waals surface area contributed by atoms with E-state index in [0.29, 0.717) is 22.8 Å². The van der Waals surface area contributed by atoms with Gasteiger partial charge in [-0.05, 0) is 31.2 Å². The normalized spacial score (nSPS) is 10.8. The molecular formula is C15H13N3O3. The number of para-hydroxylation sites is 1. The van der Waals surface area contributed by atoms with Gasteiger partial charge in [0.25, 0.3) is 0 Å². The summed E-state index contributed by atoms with van der Waals surface area (Å²) in [5, 5.41) is 9.29. The van der Waals surface area contributed by atoms with Crippen molar-refractivity contribution in [3.05, 3.63) is 41.6 Å². The van der Waals surface area contributed by atoms with E-state index in [1.807, 2.05) is 12.1 Å². The number of carbonyl (C=O) groups is 1. The third kappa shape index (κ3) is 2.20. The van der Waals surface area contributed by atoms with Crippen LogP contribution in [-0.4, -0.2) is 33.1 Å². The van der Waals surface area contributed by atoms with Gasteiger partial charge in [-0.25, -0.2) is 14.8 Å². The number of fused-ring (bicyclic) bond motifs is 1. The number of H-pyrrole nitrogens is 1. The molecule has 21 heavy (non-hydrogen) atoms. The third-order valence-electron chi connectivity index (χ3n) is 3.18. The van der Waals surface area contributed by atoms with E-state index in [0.717, 1.165) is 11.2 Å². The van der Waals surface area contributed by atoms with Crippen LogP contribution in [0.5, 0.6) is 5.75 Å². The van der Waals surface area contributed by atoms with Gasteiger partial charge in [0.2, 0.25) is 0 Å². The second-order valence-electron chi connectivity index (χ2n) is 4.60. The lowest BCUT2D eigenvalue weighted by atomic mass is 10.1. The summed E-state index contributed by atoms with van der Waals surface area (Å²) in [5.41, 5.74) is 2.57. The number of aromatic amines is 1. The standard InChI is InChI=1S/C15H13N3O3/c1-8-6-7-9(15(19)20)12(16-8)14-17-10-4-3-5-11(21-2)13(10)18-14/h3-7H,1-2H3,(H,17,18)(H,19,20). The van der Waals surface area contributed by atoms with Crippen molar-refractivity contribution in [2.45, 2.75) is 6.92 Å². The van der Waals surface area contributed by atoms with E-state index >= 15 is 0 Å². The molecule has 0 aliphatic heterocycles. The zero-order chi connectivity index (χ0) is 15.0. The quantitative estimate of drug-likeness (QED) is 0.771. The van der Waals surface area contributed by atoms with Gasteiger partial charge in [0, 0.05) is 5.69 Å². The van der Waals surface area contributed by atoms with Crippen LogP contribution >= 0.6 is 0 Å². The average molecular weight is 283 g/mol. The Balaban J connectivity index is 2.26. The zero-order valence-electron chi connectivity index (χ0n) is 11.5. The number of hydrogen-bond acceptors (Lipinski definition) is 4. The molecule has 2 N–H and O–H groups in total. The zero-order valence-corrected chi connectivity index (χ0v) is 11.5. The summed E-state index contributed by atoms with van der Waals surface area (Å²) in [5.74, 6) is 0.0000455. The molecule has 6 heteroatoms. The molecule has 0 saturated heterocycles. The summed E-state index contributed by atoms with van der Waals surface area (Å²) >= 11 is 0. The van der Waals surface area contributed by atoms with E-state index in [9.17, 15) is 9.90 Å². The number of nitrogens with zero attached hydrogens (tertiary/aromatic N) is 2. The number of carboxylic acid groups (broad SMARTS) is 1. The molecule has 0 amide bonds. The highest BCUT2D eigenvalue weighted by molar-refractivity contribution is 5.95. The van der Waals surface area contributed by atoms with Crippen LogP contribution in [0.3, 0.4) is 0 Å². The van der Waals surface area contributed by atoms with Crippen molar-refractivity contribution < 1.29 is 14.6 Å². The molecule has 0 aliphatic carbocycles. The number of imidazole rings is 1. The third-order valence-corrected chi connectivity index (χ3v) is 3.18. The molecule has 0 radical (unpaired) electrons. The number of rotatable bonds is 3. The lowest BCUT2D eigenvalue weighted by molar-refractivity contribution is 0.0697. The van der Waals surface area contributed by atoms with Gasteiger partial charge in [0.05, 0.1) is 18.2 Å². The van der Waals surface area contributed by atoms with Crippen LogP contribution in [0, 0.1) is 6.92 Å². The smallest absolute Gasteiger partial charge is 0.338 e. The van der Waals surface area contributed by atoms with Gasteiger partial charge in [0.15, 0.2) is 5.82 Å². The predicted molar refractivity (Wildman–Crippen MR) is 77.6 cm³/mol. The van der Waals surface area contributed by atoms with Crippen LogP contribution in [0.25, 0.3) is 22.6 Å². The molecule has 2 heterocycles. The Morgan fingerprint density at radius 3 is 2.76 bits per heavy atom. The Hall–Kier alpha value is -2.89. The van der Waals surface area contributed by atoms with Gasteiger partial charge in [-0.2, -0.15) is 0 Å². The predicted octanol–water partition coefficient (Wildman–Crippen LogP) is 2.64. The largest absolute Gasteiger partial charge is 0.494 e. The van der Waals surface area contributed by atoms with Crippen molar-refractivity contribution >= 4 is 17.0 Å². The summed E-state index contributed by atoms with van der Waals surface area (Å²) in [4.78, 5) is 23.2. The molecule has 0 unspecified atom stereocenters. The lowest BCUT2D eigenvalue weighted by Gasteiger charge is -2.03. The molecule has 0 atom stereocenters. The topological polar surface area (TPSA) is 88.1 Å². The Morgan fingerprint density at radius 2 is 2.05 bits per heavy atom. The molecule has 0 bridgehead atoms. The van der Waals surface area contributed by atoms with E-state index in [-0.39, 0.29) is 5.56 Å². The first-order chi connectivity index (χ1) is 10.1. The van der Waals surface area contributed by atoms with E-state index in [2.05, 4.69) is 15.0 Å². The molecule has 0 fully saturated rings. The van der Waals surface area contributed by atoms with Gasteiger partial charge >= 0.3 is 5.97 Å². The van der Waals surface area contributed by atoms with Gasteiger partial charge in [-0.1, -0.05) is 6.07 Å². The Labute approximate surface area is 120 Å². The van der Waals surface area contributed by atoms with E-state index < -0.39 is 5.97 Å². The van der Waals surface area contributed by atoms with Crippen molar-refractivity contribution in [3.8, 4) is 17.3 Å². The number of carboxylic acids is 1. The Bertz CT molecular complexity index is 839. The van der Waals surface area contributed by atoms with Crippen molar-refractivity contribution in [3.63, 3.8) is 0 Å². The summed E-state index contributed by atoms with van der Waals surface area (Å²) in [7, 11) is 1.57. The molecule has 0 spiro atoms. The van der Waals surface area contributed by atoms with Gasteiger partial charge in [0.1, 0.15) is 17.0 Å². The van der Waals surface area contributed by atoms with Crippen molar-refractivity contribution in [2.24, 2.45) is 0 Å². The highest BCUT2D eigenvalue weighted by atomic mass is 16.5. The first-order valence-electron chi connectivity index (χ1n) is 6.34. The SMILES string of the molecule is COc1cccc2[nH]c(-c3nc(C)ccc3C(=O)O)nc12. The van der Waals surface area contributed by atoms with Gasteiger partial charge in [-0.15, -0.1) is 0 Å². The van der Waals surface area contributed by atoms with Gasteiger partial charge in [-0.3, -0.25) is 0 Å². The van der Waals surface area contributed by atoms with Crippen molar-refractivity contribution in [1.82, 2.24) is 15.0 Å². The maximum absolute atomic E-state index is 11.3. The minimum absolute atomic E-state index is 0.110. The minimum Gasteiger partial charge on any atom is -0.494 e. The molecule has 0 saturated carbocycles. The first-order valence-corrected chi connectivity index (χ1v) is 6.34. The number of aromatic carboxylic acids is 1. The van der Waals surface area contributed by atoms with Gasteiger partial charge < -0.3 is 14.8 Å². The molecule has 0 aliphatic rings. The van der Waals surface area contributed by atoms with E-state index in [1.165, 1.54) is 6.07 Å². The van der Waals surface area contributed by atoms with Crippen LogP contribution < -0.4 is 4.74 Å². The maximum Gasteiger partial charge on any atom is 0.338 e. The Morgan fingerprint density at radius 1 is 1.24 bits per heavy atom. The summed E-state index contributed by atoms with van der Waals surface area (Å²) in [6, 6.07) is 8.69. The minimum atomic E-state index is -1.04. The number of nitrogens with one attached hydrogen (secondary N) is 1. The fourth-order valence-electron chi connectivity index (χ4n) is 2.19. The van der Waals surface area contributed by atoms with Crippen LogP contribution in [0.1, 0.15) is 16.1 Å². The number of aromatic nitrogens is 3. The number of pyridine rings is 1.